The number of nitrogens with zero attached hydrogens (tertiary/aromatic N) is 1. The van der Waals surface area contributed by atoms with Gasteiger partial charge in [0.05, 0.1) is 25.8 Å². The fourth-order valence-electron chi connectivity index (χ4n) is 2.58. The molecule has 0 aliphatic heterocycles. The summed E-state index contributed by atoms with van der Waals surface area (Å²) >= 11 is 1.60. The molecule has 1 aromatic carbocycles. The van der Waals surface area contributed by atoms with Crippen LogP contribution >= 0.6 is 11.3 Å². The number of aryl methyl sites for hydroxylation is 2. The number of thiazole rings is 1. The highest BCUT2D eigenvalue weighted by Crippen LogP contribution is 2.29. The zero-order chi connectivity index (χ0) is 16.1. The molecule has 122 valence electrons. The molecule has 0 fully saturated rings. The van der Waals surface area contributed by atoms with Crippen LogP contribution in [0.25, 0.3) is 0 Å². The number of para-hydroxylation sites is 2. The molecule has 5 nitrogen and oxygen atoms in total. The van der Waals surface area contributed by atoms with Gasteiger partial charge >= 0.3 is 0 Å². The number of ether oxygens (including phenoxy) is 2. The Morgan fingerprint density at radius 3 is 2.83 bits per heavy atom. The van der Waals surface area contributed by atoms with Crippen molar-refractivity contribution in [2.24, 2.45) is 0 Å². The number of nitrogens with one attached hydrogen (secondary N) is 1. The van der Waals surface area contributed by atoms with E-state index in [9.17, 15) is 4.79 Å². The van der Waals surface area contributed by atoms with Crippen LogP contribution in [0.3, 0.4) is 0 Å². The van der Waals surface area contributed by atoms with E-state index in [2.05, 4.69) is 10.3 Å². The summed E-state index contributed by atoms with van der Waals surface area (Å²) in [6.07, 6.45) is 4.80. The highest BCUT2D eigenvalue weighted by atomic mass is 32.1. The molecule has 0 spiro atoms. The van der Waals surface area contributed by atoms with Crippen LogP contribution in [0, 0.1) is 0 Å². The molecule has 1 N–H and O–H groups in total. The van der Waals surface area contributed by atoms with Crippen molar-refractivity contribution in [3.05, 3.63) is 34.8 Å². The van der Waals surface area contributed by atoms with E-state index in [0.29, 0.717) is 23.2 Å². The molecule has 1 aliphatic carbocycles. The Balaban J connectivity index is 1.49. The highest BCUT2D eigenvalue weighted by Gasteiger charge is 2.16. The summed E-state index contributed by atoms with van der Waals surface area (Å²) in [7, 11) is 1.60. The lowest BCUT2D eigenvalue weighted by atomic mass is 10.0. The molecule has 3 rings (SSSR count). The minimum Gasteiger partial charge on any atom is -0.493 e. The Kier molecular flexibility index (Phi) is 5.12. The Morgan fingerprint density at radius 2 is 2.04 bits per heavy atom. The number of amides is 1. The number of benzene rings is 1. The molecule has 23 heavy (non-hydrogen) atoms. The van der Waals surface area contributed by atoms with Gasteiger partial charge in [0.1, 0.15) is 0 Å². The monoisotopic (exact) mass is 332 g/mol. The van der Waals surface area contributed by atoms with Crippen molar-refractivity contribution in [2.75, 3.05) is 19.0 Å². The highest BCUT2D eigenvalue weighted by molar-refractivity contribution is 7.15. The summed E-state index contributed by atoms with van der Waals surface area (Å²) in [5, 5.41) is 3.58. The van der Waals surface area contributed by atoms with Gasteiger partial charge in [-0.2, -0.15) is 0 Å². The summed E-state index contributed by atoms with van der Waals surface area (Å²) in [6, 6.07) is 7.40. The Labute approximate surface area is 139 Å². The molecule has 0 saturated heterocycles. The fraction of sp³-hybridized carbons (Fsp3) is 0.412. The number of fused-ring (bicyclic) bond motifs is 1. The number of hydrogen-bond acceptors (Lipinski definition) is 5. The molecule has 0 radical (unpaired) electrons. The topological polar surface area (TPSA) is 60.5 Å². The standard InChI is InChI=1S/C17H20N2O3S/c1-21-13-7-3-4-8-14(13)22-11-10-16(20)19-17-18-12-6-2-5-9-15(12)23-17/h3-4,7-8H,2,5-6,9-11H2,1H3,(H,18,19,20). The largest absolute Gasteiger partial charge is 0.493 e. The second kappa shape index (κ2) is 7.46. The quantitative estimate of drug-likeness (QED) is 0.880. The molecular weight excluding hydrogens is 312 g/mol. The van der Waals surface area contributed by atoms with Crippen LogP contribution in [0.1, 0.15) is 29.8 Å². The van der Waals surface area contributed by atoms with Gasteiger partial charge in [0.15, 0.2) is 16.6 Å². The van der Waals surface area contributed by atoms with Crippen molar-refractivity contribution >= 4 is 22.4 Å². The second-order valence-electron chi connectivity index (χ2n) is 5.39. The summed E-state index contributed by atoms with van der Waals surface area (Å²) in [5.41, 5.74) is 1.15. The molecule has 1 heterocycles. The number of hydrogen-bond donors (Lipinski definition) is 1. The van der Waals surface area contributed by atoms with Crippen molar-refractivity contribution in [2.45, 2.75) is 32.1 Å². The van der Waals surface area contributed by atoms with Crippen LogP contribution in [0.2, 0.25) is 0 Å². The second-order valence-corrected chi connectivity index (χ2v) is 6.48. The van der Waals surface area contributed by atoms with Crippen LogP contribution in [0.15, 0.2) is 24.3 Å². The smallest absolute Gasteiger partial charge is 0.229 e. The van der Waals surface area contributed by atoms with Gasteiger partial charge in [-0.3, -0.25) is 4.79 Å². The lowest BCUT2D eigenvalue weighted by molar-refractivity contribution is -0.116. The maximum atomic E-state index is 12.0. The first-order chi connectivity index (χ1) is 11.3. The third-order valence-corrected chi connectivity index (χ3v) is 4.82. The van der Waals surface area contributed by atoms with Crippen molar-refractivity contribution in [3.8, 4) is 11.5 Å². The molecule has 0 bridgehead atoms. The van der Waals surface area contributed by atoms with Gasteiger partial charge in [-0.15, -0.1) is 11.3 Å². The van der Waals surface area contributed by atoms with E-state index < -0.39 is 0 Å². The van der Waals surface area contributed by atoms with Crippen molar-refractivity contribution in [1.82, 2.24) is 4.98 Å². The van der Waals surface area contributed by atoms with E-state index in [-0.39, 0.29) is 12.3 Å². The van der Waals surface area contributed by atoms with Crippen molar-refractivity contribution in [1.29, 1.82) is 0 Å². The predicted molar refractivity (Wildman–Crippen MR) is 90.5 cm³/mol. The zero-order valence-corrected chi connectivity index (χ0v) is 13.9. The summed E-state index contributed by atoms with van der Waals surface area (Å²) in [5.74, 6) is 1.24. The summed E-state index contributed by atoms with van der Waals surface area (Å²) < 4.78 is 10.8. The number of methoxy groups -OCH3 is 1. The minimum absolute atomic E-state index is 0.0778. The third-order valence-electron chi connectivity index (χ3n) is 3.75. The van der Waals surface area contributed by atoms with Crippen LogP contribution in [0.4, 0.5) is 5.13 Å². The van der Waals surface area contributed by atoms with Gasteiger partial charge in [-0.05, 0) is 37.8 Å². The summed E-state index contributed by atoms with van der Waals surface area (Å²) in [6.45, 7) is 0.303. The van der Waals surface area contributed by atoms with Gasteiger partial charge in [0.25, 0.3) is 0 Å². The molecule has 2 aromatic rings. The van der Waals surface area contributed by atoms with Crippen LogP contribution in [-0.4, -0.2) is 24.6 Å². The maximum Gasteiger partial charge on any atom is 0.229 e. The van der Waals surface area contributed by atoms with Gasteiger partial charge in [0, 0.05) is 4.88 Å². The van der Waals surface area contributed by atoms with Crippen LogP contribution in [-0.2, 0) is 17.6 Å². The average molecular weight is 332 g/mol. The number of carbonyl (C=O) groups is 1. The number of anilines is 1. The van der Waals surface area contributed by atoms with E-state index >= 15 is 0 Å². The van der Waals surface area contributed by atoms with Crippen molar-refractivity contribution < 1.29 is 14.3 Å². The zero-order valence-electron chi connectivity index (χ0n) is 13.1. The molecule has 1 aliphatic rings. The van der Waals surface area contributed by atoms with Gasteiger partial charge in [-0.25, -0.2) is 4.98 Å². The normalized spacial score (nSPS) is 13.3. The molecule has 0 saturated carbocycles. The lowest BCUT2D eigenvalue weighted by Gasteiger charge is -2.09. The predicted octanol–water partition coefficient (Wildman–Crippen LogP) is 3.44. The molecule has 0 unspecified atom stereocenters. The summed E-state index contributed by atoms with van der Waals surface area (Å²) in [4.78, 5) is 17.8. The Morgan fingerprint density at radius 1 is 1.26 bits per heavy atom. The van der Waals surface area contributed by atoms with Gasteiger partial charge in [-0.1, -0.05) is 12.1 Å². The first kappa shape index (κ1) is 15.8. The SMILES string of the molecule is COc1ccccc1OCCC(=O)Nc1nc2c(s1)CCCC2. The van der Waals surface area contributed by atoms with Crippen LogP contribution < -0.4 is 14.8 Å². The first-order valence-corrected chi connectivity index (χ1v) is 8.62. The van der Waals surface area contributed by atoms with E-state index in [4.69, 9.17) is 9.47 Å². The van der Waals surface area contributed by atoms with E-state index in [1.54, 1.807) is 18.4 Å². The molecule has 0 atom stereocenters. The van der Waals surface area contributed by atoms with Crippen LogP contribution in [0.5, 0.6) is 11.5 Å². The van der Waals surface area contributed by atoms with Gasteiger partial charge < -0.3 is 14.8 Å². The van der Waals surface area contributed by atoms with Crippen molar-refractivity contribution in [3.63, 3.8) is 0 Å². The average Bonchev–Trinajstić information content (AvgIpc) is 2.97. The Hall–Kier alpha value is -2.08. The minimum atomic E-state index is -0.0778. The number of aromatic nitrogens is 1. The maximum absolute atomic E-state index is 12.0. The lowest BCUT2D eigenvalue weighted by Crippen LogP contribution is -2.15. The number of carbonyl (C=O) groups excluding carboxylic acids is 1. The molecule has 1 aromatic heterocycles. The van der Waals surface area contributed by atoms with E-state index in [0.717, 1.165) is 18.5 Å². The Bertz CT molecular complexity index is 661. The number of rotatable bonds is 6. The molecular formula is C17H20N2O3S. The van der Waals surface area contributed by atoms with Gasteiger partial charge in [0.2, 0.25) is 5.91 Å². The van der Waals surface area contributed by atoms with E-state index in [1.165, 1.54) is 17.7 Å². The molecule has 6 heteroatoms. The fourth-order valence-corrected chi connectivity index (χ4v) is 3.64. The molecule has 1 amide bonds. The first-order valence-electron chi connectivity index (χ1n) is 7.80. The third kappa shape index (κ3) is 4.01. The van der Waals surface area contributed by atoms with E-state index in [1.807, 2.05) is 24.3 Å².